The summed E-state index contributed by atoms with van der Waals surface area (Å²) in [4.78, 5) is 15.9. The van der Waals surface area contributed by atoms with E-state index in [1.807, 2.05) is 43.3 Å². The van der Waals surface area contributed by atoms with Gasteiger partial charge in [-0.15, -0.1) is 0 Å². The number of carbonyl (C=O) groups excluding carboxylic acids is 1. The summed E-state index contributed by atoms with van der Waals surface area (Å²) in [6.45, 7) is 7.77. The number of rotatable bonds is 4. The number of aryl methyl sites for hydroxylation is 1. The number of nitrogens with zero attached hydrogens (tertiary/aromatic N) is 2. The molecule has 2 aromatic rings. The van der Waals surface area contributed by atoms with E-state index in [-0.39, 0.29) is 11.6 Å². The number of halogens is 1. The fourth-order valence-electron chi connectivity index (χ4n) is 3.09. The number of carbonyl (C=O) groups is 1. The first kappa shape index (κ1) is 16.7. The van der Waals surface area contributed by atoms with E-state index in [9.17, 15) is 9.18 Å². The number of ketones is 1. The summed E-state index contributed by atoms with van der Waals surface area (Å²) in [5, 5.41) is 0. The molecule has 4 heteroatoms. The predicted molar refractivity (Wildman–Crippen MR) is 95.1 cm³/mol. The van der Waals surface area contributed by atoms with Crippen molar-refractivity contribution >= 4 is 11.5 Å². The van der Waals surface area contributed by atoms with Crippen LogP contribution in [0.2, 0.25) is 0 Å². The van der Waals surface area contributed by atoms with Crippen LogP contribution < -0.4 is 4.90 Å². The zero-order chi connectivity index (χ0) is 17.1. The molecule has 0 atom stereocenters. The van der Waals surface area contributed by atoms with Gasteiger partial charge in [0.2, 0.25) is 0 Å². The second-order valence-electron chi connectivity index (χ2n) is 6.46. The highest BCUT2D eigenvalue weighted by Crippen LogP contribution is 2.19. The smallest absolute Gasteiger partial charge is 0.159 e. The Hall–Kier alpha value is -2.20. The summed E-state index contributed by atoms with van der Waals surface area (Å²) in [7, 11) is 0. The molecule has 24 heavy (non-hydrogen) atoms. The highest BCUT2D eigenvalue weighted by atomic mass is 19.1. The Morgan fingerprint density at radius 1 is 1.04 bits per heavy atom. The molecular formula is C20H23FN2O. The lowest BCUT2D eigenvalue weighted by atomic mass is 10.1. The Morgan fingerprint density at radius 2 is 1.71 bits per heavy atom. The van der Waals surface area contributed by atoms with Gasteiger partial charge < -0.3 is 4.90 Å². The van der Waals surface area contributed by atoms with Crippen molar-refractivity contribution in [1.29, 1.82) is 0 Å². The van der Waals surface area contributed by atoms with Gasteiger partial charge in [0.1, 0.15) is 5.82 Å². The normalized spacial score (nSPS) is 15.5. The third-order valence-electron chi connectivity index (χ3n) is 4.61. The van der Waals surface area contributed by atoms with E-state index < -0.39 is 0 Å². The second-order valence-corrected chi connectivity index (χ2v) is 6.46. The van der Waals surface area contributed by atoms with Crippen molar-refractivity contribution in [2.75, 3.05) is 31.1 Å². The third kappa shape index (κ3) is 3.82. The van der Waals surface area contributed by atoms with E-state index in [0.717, 1.165) is 48.6 Å². The van der Waals surface area contributed by atoms with Crippen LogP contribution in [-0.4, -0.2) is 36.9 Å². The molecule has 126 valence electrons. The van der Waals surface area contributed by atoms with Gasteiger partial charge in [-0.3, -0.25) is 9.69 Å². The minimum Gasteiger partial charge on any atom is -0.369 e. The number of anilines is 1. The quantitative estimate of drug-likeness (QED) is 0.801. The van der Waals surface area contributed by atoms with E-state index >= 15 is 0 Å². The SMILES string of the molecule is CC(=O)c1ccc(N2CCN(Cc3ccc(C)cc3F)CC2)cc1. The summed E-state index contributed by atoms with van der Waals surface area (Å²) in [6.07, 6.45) is 0. The van der Waals surface area contributed by atoms with Gasteiger partial charge in [-0.2, -0.15) is 0 Å². The molecule has 0 bridgehead atoms. The fraction of sp³-hybridized carbons (Fsp3) is 0.350. The van der Waals surface area contributed by atoms with Crippen molar-refractivity contribution in [3.8, 4) is 0 Å². The first-order valence-corrected chi connectivity index (χ1v) is 8.36. The highest BCUT2D eigenvalue weighted by molar-refractivity contribution is 5.94. The molecular weight excluding hydrogens is 303 g/mol. The van der Waals surface area contributed by atoms with Crippen molar-refractivity contribution < 1.29 is 9.18 Å². The third-order valence-corrected chi connectivity index (χ3v) is 4.61. The van der Waals surface area contributed by atoms with Crippen molar-refractivity contribution in [2.45, 2.75) is 20.4 Å². The lowest BCUT2D eigenvalue weighted by Crippen LogP contribution is -2.46. The summed E-state index contributed by atoms with van der Waals surface area (Å²) in [5.74, 6) is -0.0243. The van der Waals surface area contributed by atoms with E-state index in [1.165, 1.54) is 0 Å². The van der Waals surface area contributed by atoms with Crippen LogP contribution in [-0.2, 0) is 6.54 Å². The molecule has 1 heterocycles. The Balaban J connectivity index is 1.58. The number of Topliss-reactive ketones (excluding diaryl/α,β-unsaturated/α-hetero) is 1. The van der Waals surface area contributed by atoms with Crippen LogP contribution in [0.15, 0.2) is 42.5 Å². The number of hydrogen-bond acceptors (Lipinski definition) is 3. The van der Waals surface area contributed by atoms with Crippen LogP contribution in [0.1, 0.15) is 28.4 Å². The molecule has 1 aliphatic heterocycles. The highest BCUT2D eigenvalue weighted by Gasteiger charge is 2.18. The number of hydrogen-bond donors (Lipinski definition) is 0. The topological polar surface area (TPSA) is 23.6 Å². The zero-order valence-electron chi connectivity index (χ0n) is 14.3. The lowest BCUT2D eigenvalue weighted by molar-refractivity contribution is 0.101. The van der Waals surface area contributed by atoms with Gasteiger partial charge in [0.05, 0.1) is 0 Å². The Kier molecular flexibility index (Phi) is 4.95. The lowest BCUT2D eigenvalue weighted by Gasteiger charge is -2.36. The van der Waals surface area contributed by atoms with Crippen LogP contribution in [0.5, 0.6) is 0 Å². The van der Waals surface area contributed by atoms with E-state index in [1.54, 1.807) is 13.0 Å². The largest absolute Gasteiger partial charge is 0.369 e. The Labute approximate surface area is 142 Å². The molecule has 1 fully saturated rings. The van der Waals surface area contributed by atoms with Crippen LogP contribution >= 0.6 is 0 Å². The van der Waals surface area contributed by atoms with Gasteiger partial charge in [-0.25, -0.2) is 4.39 Å². The summed E-state index contributed by atoms with van der Waals surface area (Å²) in [6, 6.07) is 13.2. The van der Waals surface area contributed by atoms with Crippen LogP contribution in [0.4, 0.5) is 10.1 Å². The molecule has 2 aromatic carbocycles. The molecule has 1 saturated heterocycles. The Bertz CT molecular complexity index is 719. The summed E-state index contributed by atoms with van der Waals surface area (Å²) < 4.78 is 14.0. The molecule has 0 radical (unpaired) electrons. The van der Waals surface area contributed by atoms with E-state index in [2.05, 4.69) is 9.80 Å². The molecule has 0 N–H and O–H groups in total. The maximum atomic E-state index is 14.0. The van der Waals surface area contributed by atoms with Gasteiger partial charge in [0.15, 0.2) is 5.78 Å². The van der Waals surface area contributed by atoms with Crippen molar-refractivity contribution in [1.82, 2.24) is 4.90 Å². The van der Waals surface area contributed by atoms with Crippen molar-refractivity contribution in [3.63, 3.8) is 0 Å². The van der Waals surface area contributed by atoms with Gasteiger partial charge >= 0.3 is 0 Å². The van der Waals surface area contributed by atoms with Gasteiger partial charge in [-0.1, -0.05) is 12.1 Å². The molecule has 3 rings (SSSR count). The maximum Gasteiger partial charge on any atom is 0.159 e. The minimum atomic E-state index is -0.114. The first-order valence-electron chi connectivity index (χ1n) is 8.36. The average Bonchev–Trinajstić information content (AvgIpc) is 2.58. The molecule has 1 aliphatic rings. The summed E-state index contributed by atoms with van der Waals surface area (Å²) >= 11 is 0. The van der Waals surface area contributed by atoms with Crippen molar-refractivity contribution in [3.05, 3.63) is 65.0 Å². The van der Waals surface area contributed by atoms with Crippen LogP contribution in [0.25, 0.3) is 0 Å². The van der Waals surface area contributed by atoms with Gasteiger partial charge in [-0.05, 0) is 49.7 Å². The molecule has 0 aliphatic carbocycles. The van der Waals surface area contributed by atoms with Gasteiger partial charge in [0, 0.05) is 49.5 Å². The predicted octanol–water partition coefficient (Wildman–Crippen LogP) is 3.66. The van der Waals surface area contributed by atoms with Crippen LogP contribution in [0.3, 0.4) is 0 Å². The molecule has 0 saturated carbocycles. The standard InChI is InChI=1S/C20H23FN2O/c1-15-3-4-18(20(21)13-15)14-22-9-11-23(12-10-22)19-7-5-17(6-8-19)16(2)24/h3-8,13H,9-12,14H2,1-2H3. The van der Waals surface area contributed by atoms with Crippen molar-refractivity contribution in [2.24, 2.45) is 0 Å². The minimum absolute atomic E-state index is 0.0893. The molecule has 0 amide bonds. The van der Waals surface area contributed by atoms with Gasteiger partial charge in [0.25, 0.3) is 0 Å². The fourth-order valence-corrected chi connectivity index (χ4v) is 3.09. The molecule has 3 nitrogen and oxygen atoms in total. The number of piperazine rings is 1. The zero-order valence-corrected chi connectivity index (χ0v) is 14.3. The second kappa shape index (κ2) is 7.14. The first-order chi connectivity index (χ1) is 11.5. The Morgan fingerprint density at radius 3 is 2.29 bits per heavy atom. The van der Waals surface area contributed by atoms with E-state index in [0.29, 0.717) is 6.54 Å². The average molecular weight is 326 g/mol. The number of benzene rings is 2. The monoisotopic (exact) mass is 326 g/mol. The maximum absolute atomic E-state index is 14.0. The molecule has 0 unspecified atom stereocenters. The van der Waals surface area contributed by atoms with E-state index in [4.69, 9.17) is 0 Å². The molecule has 0 aromatic heterocycles. The summed E-state index contributed by atoms with van der Waals surface area (Å²) in [5.41, 5.74) is 3.60. The van der Waals surface area contributed by atoms with Crippen LogP contribution in [0, 0.1) is 12.7 Å². The molecule has 0 spiro atoms.